The van der Waals surface area contributed by atoms with Crippen molar-refractivity contribution in [2.75, 3.05) is 19.6 Å². The van der Waals surface area contributed by atoms with E-state index in [1.807, 2.05) is 0 Å². The van der Waals surface area contributed by atoms with Gasteiger partial charge in [-0.05, 0) is 32.4 Å². The van der Waals surface area contributed by atoms with E-state index in [1.165, 1.54) is 23.7 Å². The van der Waals surface area contributed by atoms with E-state index >= 15 is 0 Å². The third kappa shape index (κ3) is 3.30. The Morgan fingerprint density at radius 3 is 3.19 bits per heavy atom. The van der Waals surface area contributed by atoms with Crippen LogP contribution < -0.4 is 10.9 Å². The van der Waals surface area contributed by atoms with Crippen LogP contribution in [0.4, 0.5) is 0 Å². The summed E-state index contributed by atoms with van der Waals surface area (Å²) < 4.78 is 1.35. The number of hydrogen-bond acceptors (Lipinski definition) is 5. The number of nitrogens with one attached hydrogen (secondary N) is 2. The molecule has 21 heavy (non-hydrogen) atoms. The molecule has 1 fully saturated rings. The Kier molecular flexibility index (Phi) is 4.31. The quantitative estimate of drug-likeness (QED) is 0.804. The minimum Gasteiger partial charge on any atom is -0.313 e. The molecule has 7 heteroatoms. The molecule has 0 spiro atoms. The minimum absolute atomic E-state index is 0.108. The molecule has 1 atom stereocenters. The molecule has 0 radical (unpaired) electrons. The van der Waals surface area contributed by atoms with Crippen LogP contribution in [0.2, 0.25) is 0 Å². The number of rotatable bonds is 6. The van der Waals surface area contributed by atoms with Gasteiger partial charge in [0.05, 0.1) is 5.69 Å². The molecule has 0 aromatic carbocycles. The lowest BCUT2D eigenvalue weighted by atomic mass is 10.2. The van der Waals surface area contributed by atoms with Crippen LogP contribution in [-0.2, 0) is 6.54 Å². The molecule has 7 nitrogen and oxygen atoms in total. The molecule has 0 aliphatic carbocycles. The monoisotopic (exact) mass is 290 g/mol. The maximum absolute atomic E-state index is 12.0. The number of nitrogens with zero attached hydrogens (tertiary/aromatic N) is 4. The van der Waals surface area contributed by atoms with E-state index in [4.69, 9.17) is 0 Å². The second-order valence-corrected chi connectivity index (χ2v) is 5.64. The number of aromatic amines is 1. The van der Waals surface area contributed by atoms with Crippen LogP contribution in [0.25, 0.3) is 5.78 Å². The molecule has 2 N–H and O–H groups in total. The summed E-state index contributed by atoms with van der Waals surface area (Å²) in [6.45, 7) is 6.01. The molecule has 1 unspecified atom stereocenters. The molecule has 1 aliphatic heterocycles. The van der Waals surface area contributed by atoms with Gasteiger partial charge in [0.2, 0.25) is 0 Å². The lowest BCUT2D eigenvalue weighted by Gasteiger charge is -2.24. The van der Waals surface area contributed by atoms with Crippen LogP contribution in [0.5, 0.6) is 0 Å². The van der Waals surface area contributed by atoms with Gasteiger partial charge in [0.15, 0.2) is 0 Å². The molecule has 3 rings (SSSR count). The van der Waals surface area contributed by atoms with Crippen molar-refractivity contribution in [3.05, 3.63) is 28.4 Å². The van der Waals surface area contributed by atoms with Crippen molar-refractivity contribution < 1.29 is 0 Å². The Hall–Kier alpha value is -1.73. The second-order valence-electron chi connectivity index (χ2n) is 5.64. The summed E-state index contributed by atoms with van der Waals surface area (Å²) >= 11 is 0. The molecule has 0 bridgehead atoms. The lowest BCUT2D eigenvalue weighted by molar-refractivity contribution is 0.239. The summed E-state index contributed by atoms with van der Waals surface area (Å²) in [4.78, 5) is 22.8. The highest BCUT2D eigenvalue weighted by Gasteiger charge is 2.18. The normalized spacial score (nSPS) is 18.9. The van der Waals surface area contributed by atoms with E-state index in [2.05, 4.69) is 32.2 Å². The maximum Gasteiger partial charge on any atom is 0.274 e. The van der Waals surface area contributed by atoms with Crippen molar-refractivity contribution in [2.45, 2.75) is 38.8 Å². The van der Waals surface area contributed by atoms with Crippen LogP contribution in [0.3, 0.4) is 0 Å². The fraction of sp³-hybridized carbons (Fsp3) is 0.643. The van der Waals surface area contributed by atoms with Crippen molar-refractivity contribution in [1.82, 2.24) is 29.8 Å². The van der Waals surface area contributed by atoms with Gasteiger partial charge in [0.25, 0.3) is 11.3 Å². The van der Waals surface area contributed by atoms with Gasteiger partial charge < -0.3 is 5.32 Å². The lowest BCUT2D eigenvalue weighted by Crippen LogP contribution is -2.38. The van der Waals surface area contributed by atoms with Gasteiger partial charge in [0.1, 0.15) is 6.33 Å². The Bertz CT molecular complexity index is 642. The van der Waals surface area contributed by atoms with Crippen LogP contribution in [0, 0.1) is 0 Å². The fourth-order valence-electron chi connectivity index (χ4n) is 2.95. The molecule has 1 aliphatic rings. The summed E-state index contributed by atoms with van der Waals surface area (Å²) in [5.74, 6) is 0.438. The predicted octanol–water partition coefficient (Wildman–Crippen LogP) is 0.382. The number of hydrogen-bond donors (Lipinski definition) is 2. The highest BCUT2D eigenvalue weighted by molar-refractivity contribution is 5.25. The SMILES string of the molecule is CCCN(Cc1cc(=O)n2[nH]cnc2n1)CC1CCCN1. The maximum atomic E-state index is 12.0. The highest BCUT2D eigenvalue weighted by atomic mass is 16.1. The van der Waals surface area contributed by atoms with Crippen LogP contribution in [0.1, 0.15) is 31.9 Å². The van der Waals surface area contributed by atoms with Gasteiger partial charge in [-0.3, -0.25) is 14.8 Å². The van der Waals surface area contributed by atoms with E-state index in [9.17, 15) is 4.79 Å². The smallest absolute Gasteiger partial charge is 0.274 e. The van der Waals surface area contributed by atoms with Gasteiger partial charge in [-0.1, -0.05) is 6.92 Å². The zero-order valence-electron chi connectivity index (χ0n) is 12.4. The standard InChI is InChI=1S/C14H22N6O/c1-2-6-19(8-11-4-3-5-15-11)9-12-7-13(21)20-14(18-12)16-10-17-20/h7,10-11,15H,2-6,8-9H2,1H3,(H,16,17,18). The summed E-state index contributed by atoms with van der Waals surface area (Å²) in [5.41, 5.74) is 0.682. The molecule has 3 heterocycles. The van der Waals surface area contributed by atoms with Crippen molar-refractivity contribution in [3.8, 4) is 0 Å². The highest BCUT2D eigenvalue weighted by Crippen LogP contribution is 2.09. The largest absolute Gasteiger partial charge is 0.313 e. The minimum atomic E-state index is -0.108. The summed E-state index contributed by atoms with van der Waals surface area (Å²) in [6, 6.07) is 2.15. The Morgan fingerprint density at radius 2 is 2.43 bits per heavy atom. The average molecular weight is 290 g/mol. The first-order valence-electron chi connectivity index (χ1n) is 7.64. The summed E-state index contributed by atoms with van der Waals surface area (Å²) in [7, 11) is 0. The summed E-state index contributed by atoms with van der Waals surface area (Å²) in [6.07, 6.45) is 5.06. The van der Waals surface area contributed by atoms with Gasteiger partial charge in [-0.25, -0.2) is 9.97 Å². The van der Waals surface area contributed by atoms with E-state index < -0.39 is 0 Å². The molecular weight excluding hydrogens is 268 g/mol. The number of H-pyrrole nitrogens is 1. The van der Waals surface area contributed by atoms with Gasteiger partial charge >= 0.3 is 0 Å². The van der Waals surface area contributed by atoms with Crippen molar-refractivity contribution in [1.29, 1.82) is 0 Å². The first kappa shape index (κ1) is 14.2. The van der Waals surface area contributed by atoms with Crippen LogP contribution in [0.15, 0.2) is 17.2 Å². The topological polar surface area (TPSA) is 78.3 Å². The van der Waals surface area contributed by atoms with Gasteiger partial charge in [0, 0.05) is 25.2 Å². The Balaban J connectivity index is 1.74. The number of fused-ring (bicyclic) bond motifs is 1. The first-order valence-corrected chi connectivity index (χ1v) is 7.64. The van der Waals surface area contributed by atoms with E-state index in [1.54, 1.807) is 6.07 Å². The molecule has 1 saturated heterocycles. The van der Waals surface area contributed by atoms with E-state index in [0.717, 1.165) is 31.7 Å². The predicted molar refractivity (Wildman–Crippen MR) is 80.2 cm³/mol. The molecule has 0 amide bonds. The van der Waals surface area contributed by atoms with Gasteiger partial charge in [-0.2, -0.15) is 4.52 Å². The first-order chi connectivity index (χ1) is 10.3. The molecule has 114 valence electrons. The van der Waals surface area contributed by atoms with E-state index in [0.29, 0.717) is 18.4 Å². The van der Waals surface area contributed by atoms with Crippen molar-refractivity contribution >= 4 is 5.78 Å². The average Bonchev–Trinajstić information content (AvgIpc) is 3.10. The van der Waals surface area contributed by atoms with Crippen LogP contribution in [-0.4, -0.2) is 50.2 Å². The van der Waals surface area contributed by atoms with Crippen LogP contribution >= 0.6 is 0 Å². The molecule has 2 aromatic rings. The second kappa shape index (κ2) is 6.36. The fourth-order valence-corrected chi connectivity index (χ4v) is 2.95. The zero-order chi connectivity index (χ0) is 14.7. The Morgan fingerprint density at radius 1 is 1.52 bits per heavy atom. The van der Waals surface area contributed by atoms with E-state index in [-0.39, 0.29) is 5.56 Å². The third-order valence-electron chi connectivity index (χ3n) is 3.89. The van der Waals surface area contributed by atoms with Crippen molar-refractivity contribution in [3.63, 3.8) is 0 Å². The summed E-state index contributed by atoms with van der Waals surface area (Å²) in [5, 5.41) is 6.28. The molecular formula is C14H22N6O. The molecule has 0 saturated carbocycles. The zero-order valence-corrected chi connectivity index (χ0v) is 12.4. The number of aromatic nitrogens is 4. The Labute approximate surface area is 123 Å². The van der Waals surface area contributed by atoms with Gasteiger partial charge in [-0.15, -0.1) is 0 Å². The third-order valence-corrected chi connectivity index (χ3v) is 3.89. The molecule has 2 aromatic heterocycles. The van der Waals surface area contributed by atoms with Crippen molar-refractivity contribution in [2.24, 2.45) is 0 Å².